The first kappa shape index (κ1) is 30.3. The summed E-state index contributed by atoms with van der Waals surface area (Å²) in [5.74, 6) is 2.66. The van der Waals surface area contributed by atoms with Crippen LogP contribution in [-0.4, -0.2) is 101 Å². The minimum Gasteiger partial charge on any atom is -0.497 e. The van der Waals surface area contributed by atoms with Gasteiger partial charge in [-0.2, -0.15) is 0 Å². The fraction of sp³-hybridized carbons (Fsp3) is 0.533. The van der Waals surface area contributed by atoms with Crippen LogP contribution in [0.3, 0.4) is 0 Å². The van der Waals surface area contributed by atoms with Crippen LogP contribution < -0.4 is 23.7 Å². The quantitative estimate of drug-likeness (QED) is 0.354. The Labute approximate surface area is 241 Å². The van der Waals surface area contributed by atoms with Gasteiger partial charge in [-0.05, 0) is 61.2 Å². The van der Waals surface area contributed by atoms with E-state index in [-0.39, 0.29) is 18.5 Å². The first-order chi connectivity index (χ1) is 19.8. The third-order valence-corrected chi connectivity index (χ3v) is 7.93. The molecule has 2 aromatic carbocycles. The molecule has 41 heavy (non-hydrogen) atoms. The van der Waals surface area contributed by atoms with Gasteiger partial charge in [0.1, 0.15) is 17.0 Å². The molecule has 1 spiro atoms. The molecular formula is C30H41N3O8. The fourth-order valence-electron chi connectivity index (χ4n) is 5.86. The molecule has 0 radical (unpaired) electrons. The van der Waals surface area contributed by atoms with Gasteiger partial charge in [0.05, 0.1) is 48.7 Å². The van der Waals surface area contributed by atoms with Crippen LogP contribution in [0.1, 0.15) is 30.4 Å². The molecule has 11 nitrogen and oxygen atoms in total. The monoisotopic (exact) mass is 571 g/mol. The van der Waals surface area contributed by atoms with Crippen molar-refractivity contribution in [2.45, 2.75) is 37.9 Å². The first-order valence-electron chi connectivity index (χ1n) is 13.7. The van der Waals surface area contributed by atoms with Gasteiger partial charge < -0.3 is 33.3 Å². The van der Waals surface area contributed by atoms with Gasteiger partial charge in [0.2, 0.25) is 5.75 Å². The molecule has 3 amide bonds. The summed E-state index contributed by atoms with van der Waals surface area (Å²) in [6.07, 6.45) is 1.86. The van der Waals surface area contributed by atoms with Crippen LogP contribution in [0.2, 0.25) is 0 Å². The second kappa shape index (κ2) is 13.3. The SMILES string of the molecule is COCCN1C(=O)N(Cc2cc(OC)c(OC)c(OC)c2)C(=O)C12CCCN(Cc1cc(OC)cc(OC)c1)CC2. The Kier molecular flexibility index (Phi) is 9.82. The molecule has 0 bridgehead atoms. The zero-order valence-corrected chi connectivity index (χ0v) is 24.9. The van der Waals surface area contributed by atoms with Gasteiger partial charge in [0, 0.05) is 32.8 Å². The molecule has 0 saturated carbocycles. The second-order valence-corrected chi connectivity index (χ2v) is 10.2. The number of likely N-dealkylation sites (tertiary alicyclic amines) is 1. The van der Waals surface area contributed by atoms with Gasteiger partial charge >= 0.3 is 6.03 Å². The summed E-state index contributed by atoms with van der Waals surface area (Å²) in [6.45, 7) is 2.89. The fourth-order valence-corrected chi connectivity index (χ4v) is 5.86. The number of urea groups is 1. The maximum atomic E-state index is 14.2. The maximum Gasteiger partial charge on any atom is 0.328 e. The van der Waals surface area contributed by atoms with E-state index in [0.717, 1.165) is 30.0 Å². The van der Waals surface area contributed by atoms with Crippen LogP contribution in [0, 0.1) is 0 Å². The number of imide groups is 1. The number of nitrogens with zero attached hydrogens (tertiary/aromatic N) is 3. The summed E-state index contributed by atoms with van der Waals surface area (Å²) in [5, 5.41) is 0. The predicted molar refractivity (Wildman–Crippen MR) is 152 cm³/mol. The minimum absolute atomic E-state index is 0.0902. The lowest BCUT2D eigenvalue weighted by molar-refractivity contribution is -0.134. The number of benzene rings is 2. The Balaban J connectivity index is 1.58. The molecular weight excluding hydrogens is 530 g/mol. The second-order valence-electron chi connectivity index (χ2n) is 10.2. The van der Waals surface area contributed by atoms with Crippen molar-refractivity contribution in [3.05, 3.63) is 41.5 Å². The van der Waals surface area contributed by atoms with Crippen molar-refractivity contribution in [1.82, 2.24) is 14.7 Å². The van der Waals surface area contributed by atoms with Crippen molar-refractivity contribution in [1.29, 1.82) is 0 Å². The van der Waals surface area contributed by atoms with Gasteiger partial charge in [0.25, 0.3) is 5.91 Å². The molecule has 0 aliphatic carbocycles. The summed E-state index contributed by atoms with van der Waals surface area (Å²) in [7, 11) is 9.47. The lowest BCUT2D eigenvalue weighted by atomic mass is 9.88. The summed E-state index contributed by atoms with van der Waals surface area (Å²) >= 11 is 0. The van der Waals surface area contributed by atoms with E-state index >= 15 is 0 Å². The van der Waals surface area contributed by atoms with Crippen LogP contribution in [0.15, 0.2) is 30.3 Å². The van der Waals surface area contributed by atoms with Crippen molar-refractivity contribution in [3.63, 3.8) is 0 Å². The highest BCUT2D eigenvalue weighted by Crippen LogP contribution is 2.41. The molecule has 2 heterocycles. The average Bonchev–Trinajstić information content (AvgIpc) is 3.11. The van der Waals surface area contributed by atoms with Crippen molar-refractivity contribution in [3.8, 4) is 28.7 Å². The molecule has 1 unspecified atom stereocenters. The van der Waals surface area contributed by atoms with E-state index in [2.05, 4.69) is 4.90 Å². The van der Waals surface area contributed by atoms with Gasteiger partial charge in [-0.15, -0.1) is 0 Å². The van der Waals surface area contributed by atoms with Gasteiger partial charge in [0.15, 0.2) is 11.5 Å². The number of carbonyl (C=O) groups excluding carboxylic acids is 2. The topological polar surface area (TPSA) is 99.2 Å². The maximum absolute atomic E-state index is 14.2. The van der Waals surface area contributed by atoms with Gasteiger partial charge in [-0.3, -0.25) is 14.6 Å². The highest BCUT2D eigenvalue weighted by atomic mass is 16.5. The summed E-state index contributed by atoms with van der Waals surface area (Å²) in [5.41, 5.74) is 0.829. The van der Waals surface area contributed by atoms with E-state index in [1.807, 2.05) is 18.2 Å². The van der Waals surface area contributed by atoms with E-state index in [4.69, 9.17) is 28.4 Å². The Hall–Kier alpha value is -3.70. The third-order valence-electron chi connectivity index (χ3n) is 7.93. The molecule has 2 aromatic rings. The normalized spacial score (nSPS) is 19.5. The van der Waals surface area contributed by atoms with E-state index < -0.39 is 5.54 Å². The highest BCUT2D eigenvalue weighted by Gasteiger charge is 2.56. The van der Waals surface area contributed by atoms with E-state index in [9.17, 15) is 9.59 Å². The Bertz CT molecular complexity index is 1190. The molecule has 1 atom stereocenters. The smallest absolute Gasteiger partial charge is 0.328 e. The molecule has 0 aromatic heterocycles. The van der Waals surface area contributed by atoms with Crippen LogP contribution in [0.25, 0.3) is 0 Å². The number of methoxy groups -OCH3 is 6. The summed E-state index contributed by atoms with van der Waals surface area (Å²) in [4.78, 5) is 33.4. The Morgan fingerprint density at radius 2 is 1.37 bits per heavy atom. The summed E-state index contributed by atoms with van der Waals surface area (Å²) < 4.78 is 32.6. The van der Waals surface area contributed by atoms with E-state index in [1.54, 1.807) is 38.4 Å². The van der Waals surface area contributed by atoms with Crippen LogP contribution in [0.5, 0.6) is 28.7 Å². The highest BCUT2D eigenvalue weighted by molar-refractivity contribution is 6.07. The van der Waals surface area contributed by atoms with Crippen LogP contribution in [-0.2, 0) is 22.6 Å². The van der Waals surface area contributed by atoms with Crippen molar-refractivity contribution in [2.24, 2.45) is 0 Å². The molecule has 2 aliphatic rings. The summed E-state index contributed by atoms with van der Waals surface area (Å²) in [6, 6.07) is 9.06. The molecule has 0 N–H and O–H groups in total. The number of amides is 3. The zero-order chi connectivity index (χ0) is 29.6. The van der Waals surface area contributed by atoms with E-state index in [1.165, 1.54) is 26.2 Å². The Morgan fingerprint density at radius 3 is 1.93 bits per heavy atom. The number of hydrogen-bond donors (Lipinski definition) is 0. The van der Waals surface area contributed by atoms with E-state index in [0.29, 0.717) is 61.9 Å². The molecule has 2 fully saturated rings. The molecule has 224 valence electrons. The van der Waals surface area contributed by atoms with Crippen molar-refractivity contribution in [2.75, 3.05) is 68.9 Å². The lowest BCUT2D eigenvalue weighted by Gasteiger charge is -2.34. The Morgan fingerprint density at radius 1 is 0.732 bits per heavy atom. The number of hydrogen-bond acceptors (Lipinski definition) is 9. The number of rotatable bonds is 12. The van der Waals surface area contributed by atoms with Gasteiger partial charge in [-0.1, -0.05) is 0 Å². The molecule has 2 saturated heterocycles. The molecule has 11 heteroatoms. The van der Waals surface area contributed by atoms with Gasteiger partial charge in [-0.25, -0.2) is 4.79 Å². The third kappa shape index (κ3) is 6.15. The average molecular weight is 572 g/mol. The van der Waals surface area contributed by atoms with Crippen LogP contribution >= 0.6 is 0 Å². The first-order valence-corrected chi connectivity index (χ1v) is 13.7. The standard InChI is InChI=1S/C30H41N3O8/c1-36-13-12-33-29(35)32(20-22-16-25(39-4)27(41-6)26(17-22)40-5)28(34)30(33)8-7-10-31(11-9-30)19-21-14-23(37-2)18-24(15-21)38-3/h14-18H,7-13,19-20H2,1-6H3. The number of carbonyl (C=O) groups is 2. The van der Waals surface area contributed by atoms with Crippen LogP contribution in [0.4, 0.5) is 4.79 Å². The zero-order valence-electron chi connectivity index (χ0n) is 24.9. The van der Waals surface area contributed by atoms with Crippen molar-refractivity contribution >= 4 is 11.9 Å². The largest absolute Gasteiger partial charge is 0.497 e. The lowest BCUT2D eigenvalue weighted by Crippen LogP contribution is -2.51. The molecule has 2 aliphatic heterocycles. The predicted octanol–water partition coefficient (Wildman–Crippen LogP) is 3.57. The number of ether oxygens (including phenoxy) is 6. The molecule has 4 rings (SSSR count). The minimum atomic E-state index is -0.933. The van der Waals surface area contributed by atoms with Crippen molar-refractivity contribution < 1.29 is 38.0 Å².